The number of halogens is 1. The molecule has 3 aromatic rings. The molecular weight excluding hydrogens is 306 g/mol. The van der Waals surface area contributed by atoms with Crippen molar-refractivity contribution in [3.8, 4) is 0 Å². The molecule has 21 heavy (non-hydrogen) atoms. The standard InChI is InChI=1S/C15H12ClN3OS/c1-2-10-5-9(6-14(16)18-10)15(20)19-11-3-4-12-13(7-11)21-8-17-12/h3-8H,2H2,1H3,(H,19,20). The van der Waals surface area contributed by atoms with Gasteiger partial charge in [0.1, 0.15) is 5.15 Å². The minimum absolute atomic E-state index is 0.196. The van der Waals surface area contributed by atoms with E-state index in [0.29, 0.717) is 10.7 Å². The fourth-order valence-corrected chi connectivity index (χ4v) is 2.94. The Bertz CT molecular complexity index is 816. The summed E-state index contributed by atoms with van der Waals surface area (Å²) in [5.41, 5.74) is 4.76. The van der Waals surface area contributed by atoms with E-state index in [2.05, 4.69) is 15.3 Å². The van der Waals surface area contributed by atoms with Crippen molar-refractivity contribution >= 4 is 44.7 Å². The average Bonchev–Trinajstić information content (AvgIpc) is 2.94. The van der Waals surface area contributed by atoms with Crippen LogP contribution in [0.15, 0.2) is 35.8 Å². The molecule has 4 nitrogen and oxygen atoms in total. The number of anilines is 1. The number of benzene rings is 1. The number of nitrogens with one attached hydrogen (secondary N) is 1. The lowest BCUT2D eigenvalue weighted by Crippen LogP contribution is -2.12. The Morgan fingerprint density at radius 3 is 3.00 bits per heavy atom. The van der Waals surface area contributed by atoms with E-state index in [0.717, 1.165) is 28.0 Å². The molecule has 0 fully saturated rings. The molecule has 1 aromatic carbocycles. The largest absolute Gasteiger partial charge is 0.322 e. The van der Waals surface area contributed by atoms with Gasteiger partial charge in [-0.3, -0.25) is 4.79 Å². The van der Waals surface area contributed by atoms with Crippen LogP contribution >= 0.6 is 22.9 Å². The number of hydrogen-bond acceptors (Lipinski definition) is 4. The first-order valence-electron chi connectivity index (χ1n) is 6.47. The predicted molar refractivity (Wildman–Crippen MR) is 86.2 cm³/mol. The van der Waals surface area contributed by atoms with Crippen LogP contribution in [0.3, 0.4) is 0 Å². The van der Waals surface area contributed by atoms with Crippen LogP contribution in [0.2, 0.25) is 5.15 Å². The van der Waals surface area contributed by atoms with Crippen molar-refractivity contribution in [3.05, 3.63) is 52.3 Å². The van der Waals surface area contributed by atoms with Crippen molar-refractivity contribution in [1.82, 2.24) is 9.97 Å². The molecule has 2 heterocycles. The average molecular weight is 318 g/mol. The number of pyridine rings is 1. The molecule has 2 aromatic heterocycles. The van der Waals surface area contributed by atoms with Gasteiger partial charge in [0, 0.05) is 16.9 Å². The molecule has 1 N–H and O–H groups in total. The summed E-state index contributed by atoms with van der Waals surface area (Å²) in [6, 6.07) is 8.96. The molecule has 0 saturated heterocycles. The van der Waals surface area contributed by atoms with Gasteiger partial charge in [-0.25, -0.2) is 9.97 Å². The number of fused-ring (bicyclic) bond motifs is 1. The van der Waals surface area contributed by atoms with Gasteiger partial charge in [0.15, 0.2) is 0 Å². The Balaban J connectivity index is 1.86. The molecule has 3 rings (SSSR count). The molecular formula is C15H12ClN3OS. The summed E-state index contributed by atoms with van der Waals surface area (Å²) in [6.45, 7) is 1.97. The maximum absolute atomic E-state index is 12.3. The quantitative estimate of drug-likeness (QED) is 0.738. The summed E-state index contributed by atoms with van der Waals surface area (Å²) in [6.07, 6.45) is 0.730. The zero-order chi connectivity index (χ0) is 14.8. The molecule has 106 valence electrons. The number of aromatic nitrogens is 2. The number of thiazole rings is 1. The molecule has 0 radical (unpaired) electrons. The van der Waals surface area contributed by atoms with Crippen LogP contribution in [-0.4, -0.2) is 15.9 Å². The zero-order valence-corrected chi connectivity index (χ0v) is 12.8. The lowest BCUT2D eigenvalue weighted by molar-refractivity contribution is 0.102. The minimum atomic E-state index is -0.196. The van der Waals surface area contributed by atoms with Crippen molar-refractivity contribution in [3.63, 3.8) is 0 Å². The third-order valence-electron chi connectivity index (χ3n) is 3.06. The predicted octanol–water partition coefficient (Wildman–Crippen LogP) is 4.16. The number of aryl methyl sites for hydroxylation is 1. The molecule has 0 aliphatic heterocycles. The van der Waals surface area contributed by atoms with Crippen molar-refractivity contribution in [2.24, 2.45) is 0 Å². The van der Waals surface area contributed by atoms with Crippen LogP contribution in [0.4, 0.5) is 5.69 Å². The summed E-state index contributed by atoms with van der Waals surface area (Å²) in [5.74, 6) is -0.196. The lowest BCUT2D eigenvalue weighted by Gasteiger charge is -2.07. The zero-order valence-electron chi connectivity index (χ0n) is 11.3. The Labute approximate surface area is 130 Å². The number of nitrogens with zero attached hydrogens (tertiary/aromatic N) is 2. The molecule has 0 atom stereocenters. The summed E-state index contributed by atoms with van der Waals surface area (Å²) >= 11 is 7.48. The fourth-order valence-electron chi connectivity index (χ4n) is 2.00. The van der Waals surface area contributed by atoms with E-state index in [1.54, 1.807) is 17.6 Å². The van der Waals surface area contributed by atoms with Crippen LogP contribution in [0.5, 0.6) is 0 Å². The lowest BCUT2D eigenvalue weighted by atomic mass is 10.2. The molecule has 0 saturated carbocycles. The number of amides is 1. The third-order valence-corrected chi connectivity index (χ3v) is 4.05. The van der Waals surface area contributed by atoms with Crippen molar-refractivity contribution in [2.75, 3.05) is 5.32 Å². The first kappa shape index (κ1) is 14.0. The summed E-state index contributed by atoms with van der Waals surface area (Å²) in [7, 11) is 0. The second-order valence-corrected chi connectivity index (χ2v) is 5.79. The van der Waals surface area contributed by atoms with Crippen LogP contribution in [0.1, 0.15) is 23.0 Å². The normalized spacial score (nSPS) is 10.8. The van der Waals surface area contributed by atoms with E-state index in [4.69, 9.17) is 11.6 Å². The molecule has 0 bridgehead atoms. The molecule has 6 heteroatoms. The van der Waals surface area contributed by atoms with E-state index >= 15 is 0 Å². The van der Waals surface area contributed by atoms with Crippen LogP contribution in [-0.2, 0) is 6.42 Å². The van der Waals surface area contributed by atoms with Crippen molar-refractivity contribution in [1.29, 1.82) is 0 Å². The van der Waals surface area contributed by atoms with E-state index in [1.165, 1.54) is 11.3 Å². The van der Waals surface area contributed by atoms with E-state index in [1.807, 2.05) is 25.1 Å². The topological polar surface area (TPSA) is 54.9 Å². The Hall–Kier alpha value is -1.98. The summed E-state index contributed by atoms with van der Waals surface area (Å²) in [4.78, 5) is 20.7. The number of carbonyl (C=O) groups excluding carboxylic acids is 1. The first-order valence-corrected chi connectivity index (χ1v) is 7.72. The highest BCUT2D eigenvalue weighted by atomic mass is 35.5. The third kappa shape index (κ3) is 3.04. The van der Waals surface area contributed by atoms with E-state index in [-0.39, 0.29) is 5.91 Å². The van der Waals surface area contributed by atoms with Crippen molar-refractivity contribution < 1.29 is 4.79 Å². The van der Waals surface area contributed by atoms with Gasteiger partial charge in [-0.15, -0.1) is 11.3 Å². The summed E-state index contributed by atoms with van der Waals surface area (Å²) in [5, 5.41) is 3.20. The Morgan fingerprint density at radius 2 is 2.19 bits per heavy atom. The van der Waals surface area contributed by atoms with E-state index < -0.39 is 0 Å². The highest BCUT2D eigenvalue weighted by molar-refractivity contribution is 7.16. The van der Waals surface area contributed by atoms with E-state index in [9.17, 15) is 4.79 Å². The van der Waals surface area contributed by atoms with Gasteiger partial charge in [0.05, 0.1) is 15.7 Å². The highest BCUT2D eigenvalue weighted by Crippen LogP contribution is 2.22. The van der Waals surface area contributed by atoms with Gasteiger partial charge in [0.2, 0.25) is 0 Å². The maximum Gasteiger partial charge on any atom is 0.255 e. The Morgan fingerprint density at radius 1 is 1.33 bits per heavy atom. The van der Waals surface area contributed by atoms with Gasteiger partial charge in [-0.05, 0) is 36.8 Å². The Kier molecular flexibility index (Phi) is 3.86. The molecule has 0 aliphatic rings. The number of carbonyl (C=O) groups is 1. The minimum Gasteiger partial charge on any atom is -0.322 e. The van der Waals surface area contributed by atoms with Gasteiger partial charge < -0.3 is 5.32 Å². The van der Waals surface area contributed by atoms with Crippen molar-refractivity contribution in [2.45, 2.75) is 13.3 Å². The van der Waals surface area contributed by atoms with Gasteiger partial charge in [-0.1, -0.05) is 18.5 Å². The second-order valence-electron chi connectivity index (χ2n) is 4.51. The molecule has 0 unspecified atom stereocenters. The van der Waals surface area contributed by atoms with Crippen LogP contribution < -0.4 is 5.32 Å². The second kappa shape index (κ2) is 5.79. The van der Waals surface area contributed by atoms with Gasteiger partial charge in [0.25, 0.3) is 5.91 Å². The molecule has 0 spiro atoms. The SMILES string of the molecule is CCc1cc(C(=O)Nc2ccc3ncsc3c2)cc(Cl)n1. The van der Waals surface area contributed by atoms with Gasteiger partial charge in [-0.2, -0.15) is 0 Å². The number of rotatable bonds is 3. The fraction of sp³-hybridized carbons (Fsp3) is 0.133. The number of hydrogen-bond donors (Lipinski definition) is 1. The monoisotopic (exact) mass is 317 g/mol. The maximum atomic E-state index is 12.3. The van der Waals surface area contributed by atoms with Crippen LogP contribution in [0, 0.1) is 0 Å². The van der Waals surface area contributed by atoms with Crippen LogP contribution in [0.25, 0.3) is 10.2 Å². The van der Waals surface area contributed by atoms with Gasteiger partial charge >= 0.3 is 0 Å². The molecule has 1 amide bonds. The highest BCUT2D eigenvalue weighted by Gasteiger charge is 2.10. The molecule has 0 aliphatic carbocycles. The summed E-state index contributed by atoms with van der Waals surface area (Å²) < 4.78 is 1.04. The first-order chi connectivity index (χ1) is 10.2. The smallest absolute Gasteiger partial charge is 0.255 e.